The van der Waals surface area contributed by atoms with Gasteiger partial charge in [-0.2, -0.15) is 0 Å². The smallest absolute Gasteiger partial charge is 0.230 e. The predicted octanol–water partition coefficient (Wildman–Crippen LogP) is 3.04. The van der Waals surface area contributed by atoms with Gasteiger partial charge in [0.1, 0.15) is 11.6 Å². The molecule has 1 aliphatic heterocycles. The minimum Gasteiger partial charge on any atom is -0.467 e. The number of thioether (sulfide) groups is 1. The number of furan rings is 1. The molecule has 1 amide bonds. The Morgan fingerprint density at radius 1 is 1.19 bits per heavy atom. The molecule has 32 heavy (non-hydrogen) atoms. The zero-order valence-corrected chi connectivity index (χ0v) is 19.4. The van der Waals surface area contributed by atoms with Gasteiger partial charge in [-0.25, -0.2) is 0 Å². The number of carbonyl (C=O) groups excluding carboxylic acids is 1. The summed E-state index contributed by atoms with van der Waals surface area (Å²) in [5.41, 5.74) is 0.0841. The molecule has 0 aromatic carbocycles. The molecular formula is C23H33N5O3S. The molecule has 3 heterocycles. The number of nitrogens with zero attached hydrogens (tertiary/aromatic N) is 4. The van der Waals surface area contributed by atoms with E-state index in [0.717, 1.165) is 75.3 Å². The van der Waals surface area contributed by atoms with Crippen LogP contribution in [-0.2, 0) is 16.1 Å². The summed E-state index contributed by atoms with van der Waals surface area (Å²) in [6.07, 6.45) is 10.1. The number of morpholine rings is 1. The first-order valence-electron chi connectivity index (χ1n) is 11.9. The van der Waals surface area contributed by atoms with E-state index in [9.17, 15) is 4.79 Å². The van der Waals surface area contributed by atoms with Crippen molar-refractivity contribution >= 4 is 17.7 Å². The van der Waals surface area contributed by atoms with Crippen molar-refractivity contribution in [1.29, 1.82) is 0 Å². The molecule has 1 N–H and O–H groups in total. The van der Waals surface area contributed by atoms with E-state index in [4.69, 9.17) is 9.15 Å². The Kier molecular flexibility index (Phi) is 6.85. The van der Waals surface area contributed by atoms with Crippen molar-refractivity contribution in [3.8, 4) is 0 Å². The van der Waals surface area contributed by atoms with Crippen LogP contribution in [0.3, 0.4) is 0 Å². The van der Waals surface area contributed by atoms with E-state index < -0.39 is 0 Å². The van der Waals surface area contributed by atoms with Gasteiger partial charge < -0.3 is 14.5 Å². The summed E-state index contributed by atoms with van der Waals surface area (Å²) in [6.45, 7) is 4.84. The molecule has 5 rings (SSSR count). The number of aromatic nitrogens is 3. The summed E-state index contributed by atoms with van der Waals surface area (Å²) in [5.74, 6) is 2.79. The quantitative estimate of drug-likeness (QED) is 0.577. The maximum absolute atomic E-state index is 12.8. The summed E-state index contributed by atoms with van der Waals surface area (Å²) in [7, 11) is 0. The number of carbonyl (C=O) groups is 1. The van der Waals surface area contributed by atoms with Gasteiger partial charge in [-0.3, -0.25) is 14.3 Å². The van der Waals surface area contributed by atoms with Gasteiger partial charge in [-0.05, 0) is 37.8 Å². The van der Waals surface area contributed by atoms with Gasteiger partial charge >= 0.3 is 0 Å². The Morgan fingerprint density at radius 3 is 2.72 bits per heavy atom. The molecule has 0 spiro atoms. The topological polar surface area (TPSA) is 85.4 Å². The third-order valence-corrected chi connectivity index (χ3v) is 7.96. The Balaban J connectivity index is 1.19. The molecule has 2 aromatic heterocycles. The first-order valence-corrected chi connectivity index (χ1v) is 12.9. The summed E-state index contributed by atoms with van der Waals surface area (Å²) in [5, 5.41) is 12.9. The van der Waals surface area contributed by atoms with Gasteiger partial charge in [-0.15, -0.1) is 10.2 Å². The Bertz CT molecular complexity index is 884. The van der Waals surface area contributed by atoms with Crippen molar-refractivity contribution in [3.05, 3.63) is 30.0 Å². The van der Waals surface area contributed by atoms with Crippen LogP contribution in [0.1, 0.15) is 62.4 Å². The number of ether oxygens (including phenoxy) is 1. The van der Waals surface area contributed by atoms with Gasteiger partial charge in [0.15, 0.2) is 5.16 Å². The SMILES string of the molecule is O=C(CSc1nnc(C2CC2)n1Cc1ccco1)NCC1(N2CCOCC2)CCCCC1. The molecule has 1 saturated heterocycles. The molecule has 3 fully saturated rings. The van der Waals surface area contributed by atoms with Crippen molar-refractivity contribution in [2.45, 2.75) is 68.1 Å². The van der Waals surface area contributed by atoms with E-state index in [1.165, 1.54) is 31.0 Å². The molecule has 2 aliphatic carbocycles. The van der Waals surface area contributed by atoms with Gasteiger partial charge in [0.25, 0.3) is 0 Å². The first-order chi connectivity index (χ1) is 15.7. The lowest BCUT2D eigenvalue weighted by atomic mass is 9.79. The molecule has 0 bridgehead atoms. The van der Waals surface area contributed by atoms with Crippen LogP contribution in [0.25, 0.3) is 0 Å². The highest BCUT2D eigenvalue weighted by Crippen LogP contribution is 2.40. The third-order valence-electron chi connectivity index (χ3n) is 7.00. The number of amides is 1. The van der Waals surface area contributed by atoms with Gasteiger partial charge in [0.05, 0.1) is 31.8 Å². The Hall–Kier alpha value is -1.84. The van der Waals surface area contributed by atoms with Crippen molar-refractivity contribution in [2.75, 3.05) is 38.6 Å². The monoisotopic (exact) mass is 459 g/mol. The maximum atomic E-state index is 12.8. The summed E-state index contributed by atoms with van der Waals surface area (Å²) in [4.78, 5) is 15.4. The van der Waals surface area contributed by atoms with Crippen LogP contribution in [0.15, 0.2) is 28.0 Å². The van der Waals surface area contributed by atoms with E-state index in [1.54, 1.807) is 6.26 Å². The summed E-state index contributed by atoms with van der Waals surface area (Å²) < 4.78 is 13.2. The molecule has 0 radical (unpaired) electrons. The maximum Gasteiger partial charge on any atom is 0.230 e. The molecule has 9 heteroatoms. The molecule has 0 atom stereocenters. The fraction of sp³-hybridized carbons (Fsp3) is 0.696. The van der Waals surface area contributed by atoms with Gasteiger partial charge in [-0.1, -0.05) is 31.0 Å². The number of rotatable bonds is 9. The molecule has 0 unspecified atom stereocenters. The van der Waals surface area contributed by atoms with Crippen LogP contribution >= 0.6 is 11.8 Å². The van der Waals surface area contributed by atoms with E-state index >= 15 is 0 Å². The van der Waals surface area contributed by atoms with E-state index in [-0.39, 0.29) is 11.4 Å². The fourth-order valence-electron chi connectivity index (χ4n) is 5.05. The number of nitrogens with one attached hydrogen (secondary N) is 1. The van der Waals surface area contributed by atoms with Crippen LogP contribution in [-0.4, -0.2) is 69.7 Å². The fourth-order valence-corrected chi connectivity index (χ4v) is 5.83. The van der Waals surface area contributed by atoms with E-state index in [0.29, 0.717) is 18.2 Å². The third kappa shape index (κ3) is 5.05. The second kappa shape index (κ2) is 9.97. The van der Waals surface area contributed by atoms with Crippen molar-refractivity contribution in [3.63, 3.8) is 0 Å². The lowest BCUT2D eigenvalue weighted by Crippen LogP contribution is -2.59. The highest BCUT2D eigenvalue weighted by Gasteiger charge is 2.39. The molecular weight excluding hydrogens is 426 g/mol. The molecule has 3 aliphatic rings. The Morgan fingerprint density at radius 2 is 2.00 bits per heavy atom. The molecule has 174 valence electrons. The lowest BCUT2D eigenvalue weighted by Gasteiger charge is -2.48. The van der Waals surface area contributed by atoms with Crippen LogP contribution < -0.4 is 5.32 Å². The highest BCUT2D eigenvalue weighted by molar-refractivity contribution is 7.99. The Labute approximate surface area is 193 Å². The van der Waals surface area contributed by atoms with E-state index in [2.05, 4.69) is 25.0 Å². The minimum absolute atomic E-state index is 0.0636. The molecule has 2 saturated carbocycles. The summed E-state index contributed by atoms with van der Waals surface area (Å²) in [6, 6.07) is 3.86. The van der Waals surface area contributed by atoms with Gasteiger partial charge in [0, 0.05) is 31.1 Å². The highest BCUT2D eigenvalue weighted by atomic mass is 32.2. The van der Waals surface area contributed by atoms with Crippen LogP contribution in [0, 0.1) is 0 Å². The van der Waals surface area contributed by atoms with Gasteiger partial charge in [0.2, 0.25) is 5.91 Å². The van der Waals surface area contributed by atoms with Crippen LogP contribution in [0.2, 0.25) is 0 Å². The lowest BCUT2D eigenvalue weighted by molar-refractivity contribution is -0.119. The first kappa shape index (κ1) is 22.0. The van der Waals surface area contributed by atoms with E-state index in [1.807, 2.05) is 12.1 Å². The van der Waals surface area contributed by atoms with Crippen LogP contribution in [0.4, 0.5) is 0 Å². The zero-order chi connectivity index (χ0) is 21.8. The average Bonchev–Trinajstić information content (AvgIpc) is 3.40. The van der Waals surface area contributed by atoms with Crippen LogP contribution in [0.5, 0.6) is 0 Å². The second-order valence-corrected chi connectivity index (χ2v) is 10.2. The van der Waals surface area contributed by atoms with Crippen molar-refractivity contribution < 1.29 is 13.9 Å². The molecule has 8 nitrogen and oxygen atoms in total. The minimum atomic E-state index is 0.0636. The normalized spacial score (nSPS) is 21.5. The summed E-state index contributed by atoms with van der Waals surface area (Å²) >= 11 is 1.47. The predicted molar refractivity (Wildman–Crippen MR) is 122 cm³/mol. The number of hydrogen-bond donors (Lipinski definition) is 1. The zero-order valence-electron chi connectivity index (χ0n) is 18.6. The second-order valence-electron chi connectivity index (χ2n) is 9.23. The van der Waals surface area contributed by atoms with Crippen molar-refractivity contribution in [2.24, 2.45) is 0 Å². The standard InChI is InChI=1S/C23H33N5O3S/c29-20(24-17-23(8-2-1-3-9-23)27-10-13-30-14-11-27)16-32-22-26-25-21(18-6-7-18)28(22)15-19-5-4-12-31-19/h4-5,12,18H,1-3,6-11,13-17H2,(H,24,29). The van der Waals surface area contributed by atoms with Crippen molar-refractivity contribution in [1.82, 2.24) is 25.0 Å². The molecule has 2 aromatic rings. The number of hydrogen-bond acceptors (Lipinski definition) is 7. The average molecular weight is 460 g/mol. The largest absolute Gasteiger partial charge is 0.467 e.